The van der Waals surface area contributed by atoms with Gasteiger partial charge in [0.15, 0.2) is 22.5 Å². The third-order valence-corrected chi connectivity index (χ3v) is 5.24. The van der Waals surface area contributed by atoms with E-state index in [-0.39, 0.29) is 18.0 Å². The van der Waals surface area contributed by atoms with Gasteiger partial charge < -0.3 is 10.2 Å². The quantitative estimate of drug-likeness (QED) is 0.437. The first-order valence-corrected chi connectivity index (χ1v) is 9.95. The van der Waals surface area contributed by atoms with Gasteiger partial charge >= 0.3 is 0 Å². The van der Waals surface area contributed by atoms with E-state index in [1.807, 2.05) is 24.3 Å². The maximum atomic E-state index is 12.5. The molecule has 146 valence electrons. The molecule has 7 nitrogen and oxygen atoms in total. The topological polar surface area (TPSA) is 104 Å². The molecule has 3 aromatic rings. The Bertz CT molecular complexity index is 947. The number of thioether (sulfide) groups is 1. The van der Waals surface area contributed by atoms with Gasteiger partial charge in [-0.1, -0.05) is 49.9 Å². The number of amides is 1. The van der Waals surface area contributed by atoms with E-state index in [4.69, 9.17) is 10.2 Å². The van der Waals surface area contributed by atoms with Gasteiger partial charge in [-0.15, -0.1) is 10.2 Å². The Kier molecular flexibility index (Phi) is 6.30. The van der Waals surface area contributed by atoms with E-state index in [2.05, 4.69) is 24.0 Å². The molecule has 0 aliphatic rings. The van der Waals surface area contributed by atoms with Gasteiger partial charge in [0.25, 0.3) is 0 Å². The summed E-state index contributed by atoms with van der Waals surface area (Å²) in [6.45, 7) is 4.54. The number of furan rings is 1. The van der Waals surface area contributed by atoms with Crippen LogP contribution in [0.4, 0.5) is 0 Å². The van der Waals surface area contributed by atoms with E-state index in [1.165, 1.54) is 17.3 Å². The van der Waals surface area contributed by atoms with Crippen LogP contribution in [0.2, 0.25) is 0 Å². The molecule has 0 radical (unpaired) electrons. The molecular formula is C20H22N4O3S. The molecular weight excluding hydrogens is 376 g/mol. The molecule has 3 rings (SSSR count). The molecule has 1 amide bonds. The fraction of sp³-hybridized carbons (Fsp3) is 0.300. The van der Waals surface area contributed by atoms with Crippen LogP contribution in [-0.2, 0) is 11.3 Å². The lowest BCUT2D eigenvalue weighted by molar-refractivity contribution is -0.118. The zero-order chi connectivity index (χ0) is 20.1. The van der Waals surface area contributed by atoms with Gasteiger partial charge in [0.2, 0.25) is 5.91 Å². The van der Waals surface area contributed by atoms with Crippen molar-refractivity contribution in [3.05, 3.63) is 53.8 Å². The summed E-state index contributed by atoms with van der Waals surface area (Å²) in [6.07, 6.45) is 1.68. The number of nitrogens with two attached hydrogens (primary N) is 1. The summed E-state index contributed by atoms with van der Waals surface area (Å²) in [6, 6.07) is 11.2. The van der Waals surface area contributed by atoms with E-state index in [0.29, 0.717) is 34.8 Å². The first-order valence-electron chi connectivity index (χ1n) is 8.97. The number of rotatable bonds is 9. The molecule has 8 heteroatoms. The Morgan fingerprint density at radius 1 is 1.18 bits per heavy atom. The highest BCUT2D eigenvalue weighted by atomic mass is 32.2. The molecule has 0 saturated heterocycles. The molecule has 0 spiro atoms. The van der Waals surface area contributed by atoms with Gasteiger partial charge in [0, 0.05) is 18.5 Å². The molecule has 2 heterocycles. The van der Waals surface area contributed by atoms with Crippen LogP contribution in [0.1, 0.15) is 42.1 Å². The number of hydrogen-bond acceptors (Lipinski definition) is 6. The Morgan fingerprint density at radius 3 is 2.54 bits per heavy atom. The van der Waals surface area contributed by atoms with Crippen molar-refractivity contribution in [3.8, 4) is 11.6 Å². The maximum absolute atomic E-state index is 12.5. The summed E-state index contributed by atoms with van der Waals surface area (Å²) in [5, 5.41) is 8.86. The fourth-order valence-electron chi connectivity index (χ4n) is 2.67. The van der Waals surface area contributed by atoms with Crippen molar-refractivity contribution in [2.45, 2.75) is 37.9 Å². The van der Waals surface area contributed by atoms with Crippen molar-refractivity contribution in [1.82, 2.24) is 14.8 Å². The van der Waals surface area contributed by atoms with Crippen molar-refractivity contribution < 1.29 is 14.0 Å². The first kappa shape index (κ1) is 19.9. The van der Waals surface area contributed by atoms with Gasteiger partial charge in [-0.25, -0.2) is 0 Å². The number of hydrogen-bond donors (Lipinski definition) is 1. The smallest absolute Gasteiger partial charge is 0.219 e. The molecule has 0 fully saturated rings. The highest BCUT2D eigenvalue weighted by Gasteiger charge is 2.18. The van der Waals surface area contributed by atoms with Crippen LogP contribution in [0.25, 0.3) is 11.6 Å². The summed E-state index contributed by atoms with van der Waals surface area (Å²) in [5.41, 5.74) is 7.13. The SMILES string of the molecule is CC(C)c1ccc(C(=O)CSc2nnc(-c3ccco3)n2CCC(N)=O)cc1. The van der Waals surface area contributed by atoms with Crippen LogP contribution in [0, 0.1) is 0 Å². The van der Waals surface area contributed by atoms with Crippen LogP contribution in [0.5, 0.6) is 0 Å². The standard InChI is InChI=1S/C20H22N4O3S/c1-13(2)14-5-7-15(8-6-14)16(25)12-28-20-23-22-19(17-4-3-11-27-17)24(20)10-9-18(21)26/h3-8,11,13H,9-10,12H2,1-2H3,(H2,21,26). The van der Waals surface area contributed by atoms with E-state index in [0.717, 1.165) is 0 Å². The lowest BCUT2D eigenvalue weighted by atomic mass is 10.0. The van der Waals surface area contributed by atoms with Crippen molar-refractivity contribution in [3.63, 3.8) is 0 Å². The van der Waals surface area contributed by atoms with Gasteiger partial charge in [-0.05, 0) is 23.6 Å². The third kappa shape index (κ3) is 4.69. The van der Waals surface area contributed by atoms with Crippen LogP contribution in [-0.4, -0.2) is 32.2 Å². The van der Waals surface area contributed by atoms with Crippen LogP contribution in [0.15, 0.2) is 52.2 Å². The number of nitrogens with zero attached hydrogens (tertiary/aromatic N) is 3. The summed E-state index contributed by atoms with van der Waals surface area (Å²) < 4.78 is 7.14. The van der Waals surface area contributed by atoms with E-state index >= 15 is 0 Å². The zero-order valence-corrected chi connectivity index (χ0v) is 16.6. The fourth-order valence-corrected chi connectivity index (χ4v) is 3.53. The molecule has 0 aliphatic carbocycles. The van der Waals surface area contributed by atoms with Crippen LogP contribution >= 0.6 is 11.8 Å². The molecule has 0 atom stereocenters. The summed E-state index contributed by atoms with van der Waals surface area (Å²) in [5.74, 6) is 1.26. The Hall–Kier alpha value is -2.87. The zero-order valence-electron chi connectivity index (χ0n) is 15.8. The van der Waals surface area contributed by atoms with Gasteiger partial charge in [-0.3, -0.25) is 14.2 Å². The Balaban J connectivity index is 1.74. The number of carbonyl (C=O) groups excluding carboxylic acids is 2. The summed E-state index contributed by atoms with van der Waals surface area (Å²) in [4.78, 5) is 23.8. The molecule has 0 bridgehead atoms. The lowest BCUT2D eigenvalue weighted by Crippen LogP contribution is -2.15. The minimum absolute atomic E-state index is 0.00399. The number of Topliss-reactive ketones (excluding diaryl/α,β-unsaturated/α-hetero) is 1. The maximum Gasteiger partial charge on any atom is 0.219 e. The van der Waals surface area contributed by atoms with Gasteiger partial charge in [0.1, 0.15) is 0 Å². The number of carbonyl (C=O) groups is 2. The van der Waals surface area contributed by atoms with Crippen molar-refractivity contribution >= 4 is 23.5 Å². The second-order valence-corrected chi connectivity index (χ2v) is 7.58. The average Bonchev–Trinajstić information content (AvgIpc) is 3.33. The predicted octanol–water partition coefficient (Wildman–Crippen LogP) is 3.51. The van der Waals surface area contributed by atoms with E-state index in [1.54, 1.807) is 23.0 Å². The molecule has 2 aromatic heterocycles. The Morgan fingerprint density at radius 2 is 1.93 bits per heavy atom. The average molecular weight is 398 g/mol. The summed E-state index contributed by atoms with van der Waals surface area (Å²) >= 11 is 1.28. The van der Waals surface area contributed by atoms with Gasteiger partial charge in [0.05, 0.1) is 12.0 Å². The number of benzene rings is 1. The molecule has 0 unspecified atom stereocenters. The van der Waals surface area contributed by atoms with E-state index in [9.17, 15) is 9.59 Å². The molecule has 28 heavy (non-hydrogen) atoms. The van der Waals surface area contributed by atoms with Crippen LogP contribution in [0.3, 0.4) is 0 Å². The van der Waals surface area contributed by atoms with Crippen molar-refractivity contribution in [1.29, 1.82) is 0 Å². The largest absolute Gasteiger partial charge is 0.461 e. The molecule has 0 aliphatic heterocycles. The van der Waals surface area contributed by atoms with Crippen molar-refractivity contribution in [2.75, 3.05) is 5.75 Å². The summed E-state index contributed by atoms with van der Waals surface area (Å²) in [7, 11) is 0. The molecule has 1 aromatic carbocycles. The minimum atomic E-state index is -0.420. The van der Waals surface area contributed by atoms with E-state index < -0.39 is 5.91 Å². The highest BCUT2D eigenvalue weighted by molar-refractivity contribution is 7.99. The molecule has 2 N–H and O–H groups in total. The number of aromatic nitrogens is 3. The minimum Gasteiger partial charge on any atom is -0.461 e. The Labute approximate surface area is 167 Å². The number of ketones is 1. The molecule has 0 saturated carbocycles. The second kappa shape index (κ2) is 8.88. The first-order chi connectivity index (χ1) is 13.5. The van der Waals surface area contributed by atoms with Gasteiger partial charge in [-0.2, -0.15) is 0 Å². The predicted molar refractivity (Wildman–Crippen MR) is 107 cm³/mol. The lowest BCUT2D eigenvalue weighted by Gasteiger charge is -2.08. The second-order valence-electron chi connectivity index (χ2n) is 6.64. The third-order valence-electron chi connectivity index (χ3n) is 4.27. The van der Waals surface area contributed by atoms with Crippen LogP contribution < -0.4 is 5.73 Å². The van der Waals surface area contributed by atoms with Crippen molar-refractivity contribution in [2.24, 2.45) is 5.73 Å². The highest BCUT2D eigenvalue weighted by Crippen LogP contribution is 2.25. The monoisotopic (exact) mass is 398 g/mol. The normalized spacial score (nSPS) is 11.1. The number of primary amides is 1.